The molecule has 2 unspecified atom stereocenters. The van der Waals surface area contributed by atoms with Gasteiger partial charge in [-0.25, -0.2) is 0 Å². The van der Waals surface area contributed by atoms with Gasteiger partial charge in [-0.1, -0.05) is 58.0 Å². The zero-order chi connectivity index (χ0) is 16.0. The maximum absolute atomic E-state index is 9.20. The van der Waals surface area contributed by atoms with Crippen LogP contribution in [0, 0.1) is 0 Å². The second-order valence-electron chi connectivity index (χ2n) is 3.42. The van der Waals surface area contributed by atoms with Crippen molar-refractivity contribution < 1.29 is 25.5 Å². The molecule has 5 N–H and O–H groups in total. The summed E-state index contributed by atoms with van der Waals surface area (Å²) in [5.41, 5.74) is 0. The molecule has 0 aliphatic heterocycles. The fourth-order valence-electron chi connectivity index (χ4n) is 0.837. The van der Waals surface area contributed by atoms with Gasteiger partial charge in [-0.3, -0.25) is 0 Å². The third-order valence-electron chi connectivity index (χ3n) is 2.00. The molecule has 20 heavy (non-hydrogen) atoms. The van der Waals surface area contributed by atoms with Crippen LogP contribution in [0.25, 0.3) is 0 Å². The van der Waals surface area contributed by atoms with Crippen LogP contribution in [0.2, 0.25) is 25.1 Å². The van der Waals surface area contributed by atoms with Crippen LogP contribution in [0.5, 0.6) is 5.75 Å². The van der Waals surface area contributed by atoms with Gasteiger partial charge >= 0.3 is 0 Å². The van der Waals surface area contributed by atoms with Crippen LogP contribution in [0.4, 0.5) is 0 Å². The highest BCUT2D eigenvalue weighted by Gasteiger charge is 2.18. The number of benzene rings is 1. The number of aliphatic hydroxyl groups is 4. The lowest BCUT2D eigenvalue weighted by atomic mass is 10.2. The Labute approximate surface area is 139 Å². The maximum Gasteiger partial charge on any atom is 0.155 e. The Morgan fingerprint density at radius 2 is 0.900 bits per heavy atom. The van der Waals surface area contributed by atoms with Crippen molar-refractivity contribution in [3.05, 3.63) is 25.1 Å². The highest BCUT2D eigenvalue weighted by atomic mass is 35.5. The first kappa shape index (κ1) is 20.3. The van der Waals surface area contributed by atoms with Gasteiger partial charge in [-0.2, -0.15) is 0 Å². The van der Waals surface area contributed by atoms with E-state index >= 15 is 0 Å². The molecule has 2 atom stereocenters. The van der Waals surface area contributed by atoms with Crippen molar-refractivity contribution in [3.63, 3.8) is 0 Å². The van der Waals surface area contributed by atoms with Crippen LogP contribution in [0.3, 0.4) is 0 Å². The molecule has 5 nitrogen and oxygen atoms in total. The molecule has 0 aliphatic carbocycles. The van der Waals surface area contributed by atoms with Gasteiger partial charge in [0, 0.05) is 0 Å². The number of halogens is 5. The van der Waals surface area contributed by atoms with E-state index in [0.29, 0.717) is 0 Å². The van der Waals surface area contributed by atoms with Crippen LogP contribution in [-0.2, 0) is 0 Å². The highest BCUT2D eigenvalue weighted by molar-refractivity contribution is 6.55. The lowest BCUT2D eigenvalue weighted by molar-refractivity contribution is -0.0388. The maximum atomic E-state index is 9.20. The summed E-state index contributed by atoms with van der Waals surface area (Å²) in [6.07, 6.45) is -2.44. The number of rotatable bonds is 3. The van der Waals surface area contributed by atoms with Gasteiger partial charge in [0.05, 0.1) is 28.3 Å². The topological polar surface area (TPSA) is 101 Å². The van der Waals surface area contributed by atoms with Crippen molar-refractivity contribution in [1.29, 1.82) is 0 Å². The summed E-state index contributed by atoms with van der Waals surface area (Å²) in [6.45, 7) is -1.05. The minimum absolute atomic E-state index is 0.00904. The van der Waals surface area contributed by atoms with E-state index in [1.807, 2.05) is 0 Å². The Morgan fingerprint density at radius 1 is 0.650 bits per heavy atom. The fourth-order valence-corrected chi connectivity index (χ4v) is 1.97. The minimum atomic E-state index is -1.22. The van der Waals surface area contributed by atoms with Crippen molar-refractivity contribution >= 4 is 58.0 Å². The van der Waals surface area contributed by atoms with Crippen LogP contribution in [-0.4, -0.2) is 51.0 Å². The number of phenols is 1. The molecule has 0 aliphatic rings. The van der Waals surface area contributed by atoms with E-state index in [1.165, 1.54) is 0 Å². The Balaban J connectivity index is 0.000000396. The molecular weight excluding hydrogens is 377 g/mol. The molecule has 0 bridgehead atoms. The number of aromatic hydroxyl groups is 1. The summed E-state index contributed by atoms with van der Waals surface area (Å²) < 4.78 is 0. The molecule has 1 aromatic rings. The minimum Gasteiger partial charge on any atom is -0.505 e. The lowest BCUT2D eigenvalue weighted by Crippen LogP contribution is -2.31. The quantitative estimate of drug-likeness (QED) is 0.404. The van der Waals surface area contributed by atoms with Gasteiger partial charge in [0.15, 0.2) is 5.75 Å². The standard InChI is InChI=1S/C6HCl5O.C4H10O4/c7-1-2(8)4(10)6(12)5(11)3(1)9;5-1-3(7)4(8)2-6/h12H;3-8H,1-2H2. The van der Waals surface area contributed by atoms with E-state index in [1.54, 1.807) is 0 Å². The first-order valence-corrected chi connectivity index (χ1v) is 6.86. The molecular formula is C10H11Cl5O5. The van der Waals surface area contributed by atoms with Gasteiger partial charge in [-0.05, 0) is 0 Å². The van der Waals surface area contributed by atoms with E-state index in [2.05, 4.69) is 0 Å². The molecule has 0 radical (unpaired) electrons. The second-order valence-corrected chi connectivity index (χ2v) is 5.31. The zero-order valence-corrected chi connectivity index (χ0v) is 13.5. The van der Waals surface area contributed by atoms with Crippen molar-refractivity contribution in [1.82, 2.24) is 0 Å². The average Bonchev–Trinajstić information content (AvgIpc) is 2.47. The van der Waals surface area contributed by atoms with Crippen LogP contribution in [0.15, 0.2) is 0 Å². The Kier molecular flexibility index (Phi) is 9.50. The fraction of sp³-hybridized carbons (Fsp3) is 0.400. The van der Waals surface area contributed by atoms with Crippen molar-refractivity contribution in [2.24, 2.45) is 0 Å². The van der Waals surface area contributed by atoms with Gasteiger partial charge in [0.2, 0.25) is 0 Å². The van der Waals surface area contributed by atoms with Gasteiger partial charge in [-0.15, -0.1) is 0 Å². The second kappa shape index (κ2) is 9.35. The molecule has 0 aromatic heterocycles. The summed E-state index contributed by atoms with van der Waals surface area (Å²) in [7, 11) is 0. The molecule has 1 aromatic carbocycles. The van der Waals surface area contributed by atoms with E-state index < -0.39 is 25.4 Å². The number of hydrogen-bond donors (Lipinski definition) is 5. The molecule has 0 spiro atoms. The van der Waals surface area contributed by atoms with Crippen LogP contribution < -0.4 is 0 Å². The first-order chi connectivity index (χ1) is 9.18. The summed E-state index contributed by atoms with van der Waals surface area (Å²) in [6, 6.07) is 0. The summed E-state index contributed by atoms with van der Waals surface area (Å²) in [5, 5.41) is 42.2. The van der Waals surface area contributed by atoms with E-state index in [4.69, 9.17) is 78.4 Å². The van der Waals surface area contributed by atoms with Crippen molar-refractivity contribution in [2.45, 2.75) is 12.2 Å². The Hall–Kier alpha value is 0.310. The molecule has 0 saturated carbocycles. The van der Waals surface area contributed by atoms with Gasteiger partial charge in [0.1, 0.15) is 22.3 Å². The van der Waals surface area contributed by atoms with Crippen LogP contribution in [0.1, 0.15) is 0 Å². The van der Waals surface area contributed by atoms with Crippen molar-refractivity contribution in [2.75, 3.05) is 13.2 Å². The third kappa shape index (κ3) is 5.26. The predicted octanol–water partition coefficient (Wildman–Crippen LogP) is 2.35. The van der Waals surface area contributed by atoms with E-state index in [-0.39, 0.29) is 30.9 Å². The molecule has 0 heterocycles. The van der Waals surface area contributed by atoms with Crippen molar-refractivity contribution in [3.8, 4) is 5.75 Å². The monoisotopic (exact) mass is 386 g/mol. The normalized spacial score (nSPS) is 13.4. The van der Waals surface area contributed by atoms with Gasteiger partial charge in [0.25, 0.3) is 0 Å². The average molecular weight is 388 g/mol. The van der Waals surface area contributed by atoms with Gasteiger partial charge < -0.3 is 25.5 Å². The number of phenolic OH excluding ortho intramolecular Hbond substituents is 1. The predicted molar refractivity (Wildman–Crippen MR) is 79.3 cm³/mol. The van der Waals surface area contributed by atoms with Crippen LogP contribution >= 0.6 is 58.0 Å². The summed E-state index contributed by atoms with van der Waals surface area (Å²) in [5.74, 6) is -0.363. The molecule has 116 valence electrons. The van der Waals surface area contributed by atoms with E-state index in [9.17, 15) is 5.11 Å². The zero-order valence-electron chi connectivity index (χ0n) is 9.69. The molecule has 0 saturated heterocycles. The Morgan fingerprint density at radius 3 is 1.15 bits per heavy atom. The third-order valence-corrected chi connectivity index (χ3v) is 4.26. The van der Waals surface area contributed by atoms with E-state index in [0.717, 1.165) is 0 Å². The SMILES string of the molecule is OCC(O)C(O)CO.Oc1c(Cl)c(Cl)c(Cl)c(Cl)c1Cl. The number of hydrogen-bond acceptors (Lipinski definition) is 5. The summed E-state index contributed by atoms with van der Waals surface area (Å²) >= 11 is 27.9. The largest absolute Gasteiger partial charge is 0.505 e. The smallest absolute Gasteiger partial charge is 0.155 e. The highest BCUT2D eigenvalue weighted by Crippen LogP contribution is 2.47. The first-order valence-electron chi connectivity index (χ1n) is 4.97. The molecule has 1 rings (SSSR count). The lowest BCUT2D eigenvalue weighted by Gasteiger charge is -2.10. The Bertz CT molecular complexity index is 343. The number of aliphatic hydroxyl groups excluding tert-OH is 4. The molecule has 0 amide bonds. The molecule has 10 heteroatoms. The summed E-state index contributed by atoms with van der Waals surface area (Å²) in [4.78, 5) is 0. The molecule has 0 fully saturated rings.